The Morgan fingerprint density at radius 2 is 1.93 bits per heavy atom. The van der Waals surface area contributed by atoms with Crippen molar-refractivity contribution in [3.8, 4) is 11.5 Å². The highest BCUT2D eigenvalue weighted by molar-refractivity contribution is 5.94. The molecule has 1 aromatic heterocycles. The molecule has 1 amide bonds. The number of rotatable bonds is 5. The molecule has 2 heterocycles. The number of hydrogen-bond donors (Lipinski definition) is 0. The summed E-state index contributed by atoms with van der Waals surface area (Å²) >= 11 is 0. The number of hydrogen-bond acceptors (Lipinski definition) is 4. The summed E-state index contributed by atoms with van der Waals surface area (Å²) in [7, 11) is 0. The van der Waals surface area contributed by atoms with Gasteiger partial charge in [0.1, 0.15) is 5.82 Å². The van der Waals surface area contributed by atoms with E-state index < -0.39 is 0 Å². The lowest BCUT2D eigenvalue weighted by atomic mass is 10.0. The fraction of sp³-hybridized carbons (Fsp3) is 0.286. The average molecular weight is 365 g/mol. The molecule has 0 aliphatic carbocycles. The van der Waals surface area contributed by atoms with E-state index in [9.17, 15) is 9.18 Å². The molecule has 27 heavy (non-hydrogen) atoms. The van der Waals surface area contributed by atoms with Crippen LogP contribution < -0.4 is 0 Å². The van der Waals surface area contributed by atoms with Gasteiger partial charge in [-0.1, -0.05) is 23.4 Å². The summed E-state index contributed by atoms with van der Waals surface area (Å²) < 4.78 is 18.3. The first kappa shape index (κ1) is 17.4. The van der Waals surface area contributed by atoms with Gasteiger partial charge >= 0.3 is 0 Å². The molecule has 3 aromatic rings. The topological polar surface area (TPSA) is 59.2 Å². The van der Waals surface area contributed by atoms with Gasteiger partial charge in [-0.25, -0.2) is 4.39 Å². The fourth-order valence-electron chi connectivity index (χ4n) is 3.41. The smallest absolute Gasteiger partial charge is 0.257 e. The van der Waals surface area contributed by atoms with Crippen LogP contribution in [0, 0.1) is 11.7 Å². The van der Waals surface area contributed by atoms with Crippen molar-refractivity contribution in [2.75, 3.05) is 13.1 Å². The third-order valence-corrected chi connectivity index (χ3v) is 4.93. The minimum absolute atomic E-state index is 0.0938. The van der Waals surface area contributed by atoms with Crippen molar-refractivity contribution in [1.82, 2.24) is 15.0 Å². The maximum Gasteiger partial charge on any atom is 0.257 e. The van der Waals surface area contributed by atoms with Crippen LogP contribution in [0.15, 0.2) is 59.1 Å². The van der Waals surface area contributed by atoms with Crippen molar-refractivity contribution in [2.45, 2.75) is 19.3 Å². The van der Waals surface area contributed by atoms with Crippen LogP contribution >= 0.6 is 0 Å². The monoisotopic (exact) mass is 365 g/mol. The van der Waals surface area contributed by atoms with E-state index in [1.807, 2.05) is 35.2 Å². The first-order valence-corrected chi connectivity index (χ1v) is 9.12. The van der Waals surface area contributed by atoms with E-state index in [0.717, 1.165) is 31.5 Å². The van der Waals surface area contributed by atoms with Gasteiger partial charge in [0.2, 0.25) is 0 Å². The molecule has 5 nitrogen and oxygen atoms in total. The summed E-state index contributed by atoms with van der Waals surface area (Å²) in [5.74, 6) is 1.27. The Kier molecular flexibility index (Phi) is 4.96. The number of benzene rings is 2. The van der Waals surface area contributed by atoms with E-state index in [1.54, 1.807) is 12.1 Å². The van der Waals surface area contributed by atoms with E-state index in [1.165, 1.54) is 12.1 Å². The zero-order chi connectivity index (χ0) is 18.6. The largest absolute Gasteiger partial charge is 0.338 e. The van der Waals surface area contributed by atoms with Crippen LogP contribution in [0.1, 0.15) is 29.0 Å². The second-order valence-corrected chi connectivity index (χ2v) is 6.83. The number of carbonyl (C=O) groups excluding carboxylic acids is 1. The molecular weight excluding hydrogens is 345 g/mol. The lowest BCUT2D eigenvalue weighted by molar-refractivity contribution is 0.0786. The van der Waals surface area contributed by atoms with Crippen molar-refractivity contribution in [3.05, 3.63) is 71.8 Å². The van der Waals surface area contributed by atoms with Gasteiger partial charge < -0.3 is 9.42 Å². The van der Waals surface area contributed by atoms with Gasteiger partial charge in [-0.3, -0.25) is 4.79 Å². The Morgan fingerprint density at radius 1 is 1.15 bits per heavy atom. The molecule has 0 radical (unpaired) electrons. The van der Waals surface area contributed by atoms with Crippen LogP contribution in [0.5, 0.6) is 0 Å². The average Bonchev–Trinajstić information content (AvgIpc) is 3.37. The summed E-state index contributed by atoms with van der Waals surface area (Å²) in [6.07, 6.45) is 2.59. The van der Waals surface area contributed by atoms with Crippen molar-refractivity contribution < 1.29 is 13.7 Å². The zero-order valence-electron chi connectivity index (χ0n) is 14.8. The van der Waals surface area contributed by atoms with Crippen LogP contribution in [0.25, 0.3) is 11.5 Å². The predicted octanol–water partition coefficient (Wildman–Crippen LogP) is 3.97. The summed E-state index contributed by atoms with van der Waals surface area (Å²) in [5.41, 5.74) is 1.44. The highest BCUT2D eigenvalue weighted by Crippen LogP contribution is 2.24. The maximum atomic E-state index is 13.0. The van der Waals surface area contributed by atoms with Crippen LogP contribution in [-0.2, 0) is 6.42 Å². The van der Waals surface area contributed by atoms with Gasteiger partial charge in [0.25, 0.3) is 11.8 Å². The molecule has 6 heteroatoms. The normalized spacial score (nSPS) is 16.6. The Hall–Kier alpha value is -3.02. The third kappa shape index (κ3) is 4.05. The third-order valence-electron chi connectivity index (χ3n) is 4.93. The van der Waals surface area contributed by atoms with Crippen LogP contribution in [0.4, 0.5) is 4.39 Å². The predicted molar refractivity (Wildman–Crippen MR) is 98.5 cm³/mol. The molecule has 4 rings (SSSR count). The van der Waals surface area contributed by atoms with Crippen LogP contribution in [0.3, 0.4) is 0 Å². The van der Waals surface area contributed by atoms with Gasteiger partial charge in [-0.2, -0.15) is 4.98 Å². The van der Waals surface area contributed by atoms with Gasteiger partial charge in [0.15, 0.2) is 5.82 Å². The van der Waals surface area contributed by atoms with E-state index in [4.69, 9.17) is 4.52 Å². The highest BCUT2D eigenvalue weighted by atomic mass is 19.1. The number of halogens is 1. The first-order valence-electron chi connectivity index (χ1n) is 9.12. The molecule has 1 aliphatic heterocycles. The minimum Gasteiger partial charge on any atom is -0.338 e. The Bertz CT molecular complexity index is 909. The SMILES string of the molecule is O=C(c1ccccc1)N1CCC(CCc2noc(-c3ccc(F)cc3)n2)C1. The van der Waals surface area contributed by atoms with Crippen molar-refractivity contribution in [1.29, 1.82) is 0 Å². The molecule has 0 bridgehead atoms. The molecule has 1 aliphatic rings. The fourth-order valence-corrected chi connectivity index (χ4v) is 3.41. The molecule has 138 valence electrons. The minimum atomic E-state index is -0.297. The van der Waals surface area contributed by atoms with Gasteiger partial charge in [-0.05, 0) is 55.2 Å². The summed E-state index contributed by atoms with van der Waals surface area (Å²) in [4.78, 5) is 18.8. The van der Waals surface area contributed by atoms with Crippen molar-refractivity contribution >= 4 is 5.91 Å². The zero-order valence-corrected chi connectivity index (χ0v) is 14.8. The number of aryl methyl sites for hydroxylation is 1. The van der Waals surface area contributed by atoms with E-state index >= 15 is 0 Å². The molecular formula is C21H20FN3O2. The van der Waals surface area contributed by atoms with Gasteiger partial charge in [0.05, 0.1) is 0 Å². The van der Waals surface area contributed by atoms with Crippen molar-refractivity contribution in [3.63, 3.8) is 0 Å². The van der Waals surface area contributed by atoms with Crippen LogP contribution in [0.2, 0.25) is 0 Å². The van der Waals surface area contributed by atoms with E-state index in [2.05, 4.69) is 10.1 Å². The summed E-state index contributed by atoms with van der Waals surface area (Å²) in [6, 6.07) is 15.4. The number of nitrogens with zero attached hydrogens (tertiary/aromatic N) is 3. The maximum absolute atomic E-state index is 13.0. The quantitative estimate of drug-likeness (QED) is 0.686. The standard InChI is InChI=1S/C21H20FN3O2/c22-18-9-7-16(8-10-18)20-23-19(24-27-20)11-6-15-12-13-25(14-15)21(26)17-4-2-1-3-5-17/h1-5,7-10,15H,6,11-14H2. The Morgan fingerprint density at radius 3 is 2.70 bits per heavy atom. The number of likely N-dealkylation sites (tertiary alicyclic amines) is 1. The highest BCUT2D eigenvalue weighted by Gasteiger charge is 2.27. The molecule has 0 spiro atoms. The first-order chi connectivity index (χ1) is 13.2. The molecule has 1 fully saturated rings. The lowest BCUT2D eigenvalue weighted by Gasteiger charge is -2.16. The molecule has 1 saturated heterocycles. The molecule has 1 atom stereocenters. The number of aromatic nitrogens is 2. The second kappa shape index (κ2) is 7.70. The van der Waals surface area contributed by atoms with E-state index in [0.29, 0.717) is 29.6 Å². The molecule has 1 unspecified atom stereocenters. The number of carbonyl (C=O) groups is 1. The molecule has 2 aromatic carbocycles. The molecule has 0 N–H and O–H groups in total. The van der Waals surface area contributed by atoms with Crippen LogP contribution in [-0.4, -0.2) is 34.0 Å². The summed E-state index contributed by atoms with van der Waals surface area (Å²) in [6.45, 7) is 1.54. The molecule has 0 saturated carbocycles. The second-order valence-electron chi connectivity index (χ2n) is 6.83. The lowest BCUT2D eigenvalue weighted by Crippen LogP contribution is -2.28. The Labute approximate surface area is 156 Å². The van der Waals surface area contributed by atoms with E-state index in [-0.39, 0.29) is 11.7 Å². The Balaban J connectivity index is 1.31. The van der Waals surface area contributed by atoms with Crippen molar-refractivity contribution in [2.24, 2.45) is 5.92 Å². The van der Waals surface area contributed by atoms with Gasteiger partial charge in [-0.15, -0.1) is 0 Å². The number of amides is 1. The summed E-state index contributed by atoms with van der Waals surface area (Å²) in [5, 5.41) is 4.02. The van der Waals surface area contributed by atoms with Gasteiger partial charge in [0, 0.05) is 30.6 Å².